The van der Waals surface area contributed by atoms with Crippen LogP contribution in [0.1, 0.15) is 81.3 Å². The number of benzene rings is 4. The number of thiophene rings is 1. The van der Waals surface area contributed by atoms with E-state index in [4.69, 9.17) is 29.3 Å². The number of aliphatic hydroxyl groups excluding tert-OH is 1. The molecule has 8 aromatic rings. The van der Waals surface area contributed by atoms with Gasteiger partial charge < -0.3 is 39.8 Å². The molecule has 23 heteroatoms. The summed E-state index contributed by atoms with van der Waals surface area (Å²) in [6.07, 6.45) is 2.40. The Kier molecular flexibility index (Phi) is 17.3. The smallest absolute Gasteiger partial charge is 0.417 e. The van der Waals surface area contributed by atoms with Gasteiger partial charge in [0.25, 0.3) is 0 Å². The van der Waals surface area contributed by atoms with Gasteiger partial charge in [-0.3, -0.25) is 14.6 Å². The average Bonchev–Trinajstić information content (AvgIpc) is 2.02. The largest absolute Gasteiger partial charge is 0.486 e. The maximum absolute atomic E-state index is 15.7. The predicted octanol–water partition coefficient (Wildman–Crippen LogP) is 10.2. The third-order valence-corrected chi connectivity index (χ3v) is 16.4. The number of amides is 2. The van der Waals surface area contributed by atoms with E-state index in [1.54, 1.807) is 72.4 Å². The SMILES string of the molecule is CO[C@@H](C)COc1nc(N2CC3CC2CN3)c2cc(C(F)(F)F)c(-c3ccc(F)c4scc(C#N)c34)c(OCc3ccc(-c4cn(C(C(=O)N5CCCC5C)C(C)C)nn4)cc3)c2n1.O=CNC(CO)c1ccc(-c2ccncc2F)cc1. The number of pyridine rings is 1. The minimum Gasteiger partial charge on any atom is -0.486 e. The second-order valence-corrected chi connectivity index (χ2v) is 22.1. The molecular weight excluding hydrogens is 1100 g/mol. The van der Waals surface area contributed by atoms with Crippen molar-refractivity contribution in [3.05, 3.63) is 131 Å². The lowest BCUT2D eigenvalue weighted by atomic mass is 9.92. The Morgan fingerprint density at radius 3 is 2.42 bits per heavy atom. The molecule has 4 aromatic carbocycles. The number of ether oxygens (including phenoxy) is 3. The molecular formula is C60H60F5N11O6S. The standard InChI is InChI=1S/C46H47F4N9O4S.C14H13FN2O2/c1-24(2)40(44(60)57-14-6-7-25(57)3)59-20-36(55-56-59)28-10-8-27(9-11-28)22-62-41-38(32-12-13-35(47)42-37(32)29(17-51)23-64-42)34(46(48,49)50)16-33-39(41)53-45(63-21-26(4)61-5)54-43(33)58-19-30-15-31(58)18-52-30;15-13-7-16-6-5-12(13)10-1-3-11(4-2-10)14(8-18)17-9-19/h8-13,16,20,23-26,30-31,40,52H,6-7,14-15,18-19,21-22H2,1-5H3;1-7,9,14,18H,8H2,(H,17,19)/t25?,26-,30?,31?,40?;/m0./s1. The van der Waals surface area contributed by atoms with Crippen LogP contribution in [0.4, 0.5) is 27.8 Å². The van der Waals surface area contributed by atoms with Crippen molar-refractivity contribution < 1.29 is 50.9 Å². The molecule has 3 aliphatic rings. The van der Waals surface area contributed by atoms with Crippen molar-refractivity contribution in [3.8, 4) is 51.3 Å². The van der Waals surface area contributed by atoms with Crippen LogP contribution in [0.3, 0.4) is 0 Å². The van der Waals surface area contributed by atoms with Crippen molar-refractivity contribution in [2.24, 2.45) is 5.92 Å². The maximum Gasteiger partial charge on any atom is 0.417 e. The van der Waals surface area contributed by atoms with Gasteiger partial charge in [0.05, 0.1) is 47.0 Å². The summed E-state index contributed by atoms with van der Waals surface area (Å²) in [5, 5.41) is 35.5. The molecule has 17 nitrogen and oxygen atoms in total. The van der Waals surface area contributed by atoms with Gasteiger partial charge in [-0.25, -0.2) is 13.5 Å². The minimum absolute atomic E-state index is 0.0138. The summed E-state index contributed by atoms with van der Waals surface area (Å²) < 4.78 is 95.7. The summed E-state index contributed by atoms with van der Waals surface area (Å²) in [5.74, 6) is -1.04. The van der Waals surface area contributed by atoms with Crippen molar-refractivity contribution >= 4 is 50.5 Å². The van der Waals surface area contributed by atoms with E-state index in [2.05, 4.69) is 32.9 Å². The quantitative estimate of drug-likeness (QED) is 0.0540. The molecule has 0 spiro atoms. The summed E-state index contributed by atoms with van der Waals surface area (Å²) >= 11 is 0.938. The number of likely N-dealkylation sites (tertiary alicyclic amines) is 1. The summed E-state index contributed by atoms with van der Waals surface area (Å²) in [6, 6.07) is 20.4. The number of carbonyl (C=O) groups excluding carboxylic acids is 2. The molecule has 83 heavy (non-hydrogen) atoms. The number of aliphatic hydroxyl groups is 1. The highest BCUT2D eigenvalue weighted by Gasteiger charge is 2.43. The Labute approximate surface area is 479 Å². The lowest BCUT2D eigenvalue weighted by Gasteiger charge is -2.30. The van der Waals surface area contributed by atoms with E-state index < -0.39 is 35.2 Å². The maximum atomic E-state index is 15.7. The van der Waals surface area contributed by atoms with Crippen LogP contribution in [0, 0.1) is 28.9 Å². The van der Waals surface area contributed by atoms with E-state index in [1.165, 1.54) is 24.8 Å². The molecule has 3 fully saturated rings. The van der Waals surface area contributed by atoms with Gasteiger partial charge in [-0.05, 0) is 79.5 Å². The van der Waals surface area contributed by atoms with E-state index in [-0.39, 0.29) is 111 Å². The van der Waals surface area contributed by atoms with Gasteiger partial charge in [0.15, 0.2) is 5.75 Å². The van der Waals surface area contributed by atoms with Gasteiger partial charge in [-0.1, -0.05) is 73.7 Å². The lowest BCUT2D eigenvalue weighted by Crippen LogP contribution is -2.44. The van der Waals surface area contributed by atoms with Crippen molar-refractivity contribution in [2.75, 3.05) is 44.9 Å². The molecule has 0 radical (unpaired) electrons. The van der Waals surface area contributed by atoms with E-state index in [0.29, 0.717) is 54.0 Å². The van der Waals surface area contributed by atoms with Crippen LogP contribution in [-0.2, 0) is 27.1 Å². The zero-order valence-corrected chi connectivity index (χ0v) is 46.8. The highest BCUT2D eigenvalue weighted by molar-refractivity contribution is 7.17. The number of nitrogens with one attached hydrogen (secondary N) is 2. The van der Waals surface area contributed by atoms with Gasteiger partial charge >= 0.3 is 12.2 Å². The molecule has 11 rings (SSSR count). The summed E-state index contributed by atoms with van der Waals surface area (Å²) in [6.45, 7) is 9.33. The molecule has 432 valence electrons. The van der Waals surface area contributed by atoms with Gasteiger partial charge in [-0.15, -0.1) is 16.4 Å². The molecule has 6 atom stereocenters. The Balaban J connectivity index is 0.000000343. The highest BCUT2D eigenvalue weighted by Crippen LogP contribution is 2.51. The number of fused-ring (bicyclic) bond motifs is 4. The van der Waals surface area contributed by atoms with Gasteiger partial charge in [0.1, 0.15) is 54.0 Å². The summed E-state index contributed by atoms with van der Waals surface area (Å²) in [5.41, 5.74) is 2.39. The molecule has 3 aliphatic heterocycles. The fourth-order valence-corrected chi connectivity index (χ4v) is 12.0. The number of hydrogen-bond donors (Lipinski definition) is 3. The number of rotatable bonds is 18. The molecule has 2 bridgehead atoms. The van der Waals surface area contributed by atoms with Crippen molar-refractivity contribution in [1.82, 2.24) is 45.5 Å². The number of hydrogen-bond acceptors (Lipinski definition) is 15. The van der Waals surface area contributed by atoms with Crippen LogP contribution in [0.5, 0.6) is 11.8 Å². The molecule has 5 unspecified atom stereocenters. The molecule has 7 heterocycles. The Bertz CT molecular complexity index is 3690. The Hall–Kier alpha value is -8.17. The number of aromatic nitrogens is 6. The number of nitriles is 1. The molecule has 3 N–H and O–H groups in total. The van der Waals surface area contributed by atoms with E-state index in [9.17, 15) is 19.2 Å². The number of piperazine rings is 1. The zero-order chi connectivity index (χ0) is 58.7. The topological polar surface area (TPSA) is 206 Å². The minimum atomic E-state index is -4.94. The molecule has 0 saturated carbocycles. The lowest BCUT2D eigenvalue weighted by molar-refractivity contribution is -0.137. The van der Waals surface area contributed by atoms with Crippen LogP contribution in [0.2, 0.25) is 0 Å². The highest BCUT2D eigenvalue weighted by atomic mass is 32.1. The second kappa shape index (κ2) is 24.7. The summed E-state index contributed by atoms with van der Waals surface area (Å²) in [7, 11) is 1.53. The molecule has 4 aromatic heterocycles. The first-order valence-electron chi connectivity index (χ1n) is 27.2. The molecule has 0 aliphatic carbocycles. The van der Waals surface area contributed by atoms with E-state index >= 15 is 17.6 Å². The first-order valence-corrected chi connectivity index (χ1v) is 28.0. The van der Waals surface area contributed by atoms with E-state index in [1.807, 2.05) is 29.7 Å². The zero-order valence-electron chi connectivity index (χ0n) is 46.0. The monoisotopic (exact) mass is 1160 g/mol. The predicted molar refractivity (Wildman–Crippen MR) is 302 cm³/mol. The number of anilines is 1. The van der Waals surface area contributed by atoms with Gasteiger partial charge in [0.2, 0.25) is 12.3 Å². The summed E-state index contributed by atoms with van der Waals surface area (Å²) in [4.78, 5) is 41.1. The number of alkyl halides is 3. The molecule has 2 amide bonds. The average molecular weight is 1160 g/mol. The van der Waals surface area contributed by atoms with Crippen LogP contribution < -0.4 is 25.0 Å². The van der Waals surface area contributed by atoms with Crippen molar-refractivity contribution in [3.63, 3.8) is 0 Å². The normalized spacial score (nSPS) is 17.8. The Morgan fingerprint density at radius 1 is 1.01 bits per heavy atom. The number of carbonyl (C=O) groups is 2. The van der Waals surface area contributed by atoms with Gasteiger partial charge in [0, 0.05) is 83.9 Å². The van der Waals surface area contributed by atoms with Crippen molar-refractivity contribution in [2.45, 2.75) is 96.1 Å². The van der Waals surface area contributed by atoms with Crippen molar-refractivity contribution in [1.29, 1.82) is 5.26 Å². The fourth-order valence-electron chi connectivity index (χ4n) is 11.1. The Morgan fingerprint density at radius 2 is 1.78 bits per heavy atom. The van der Waals surface area contributed by atoms with Crippen LogP contribution in [0.25, 0.3) is 54.5 Å². The first kappa shape index (κ1) is 58.0. The van der Waals surface area contributed by atoms with Crippen LogP contribution in [0.15, 0.2) is 96.8 Å². The van der Waals surface area contributed by atoms with Gasteiger partial charge in [-0.2, -0.15) is 28.4 Å². The number of methoxy groups -OCH3 is 1. The number of nitrogens with zero attached hydrogens (tertiary/aromatic N) is 9. The third kappa shape index (κ3) is 12.0. The fraction of sp³-hybridized carbons (Fsp3) is 0.367. The number of halogens is 5. The second-order valence-electron chi connectivity index (χ2n) is 21.2. The molecule has 3 saturated heterocycles. The van der Waals surface area contributed by atoms with Crippen LogP contribution >= 0.6 is 11.3 Å². The third-order valence-electron chi connectivity index (χ3n) is 15.4. The first-order chi connectivity index (χ1) is 40.0. The van der Waals surface area contributed by atoms with Crippen LogP contribution in [-0.4, -0.2) is 116 Å². The van der Waals surface area contributed by atoms with E-state index in [0.717, 1.165) is 54.5 Å².